The number of ketones is 1. The number of hydrogen-bond donors (Lipinski definition) is 0. The van der Waals surface area contributed by atoms with E-state index in [0.717, 1.165) is 3.57 Å². The second-order valence-electron chi connectivity index (χ2n) is 3.81. The summed E-state index contributed by atoms with van der Waals surface area (Å²) >= 11 is 5.48. The van der Waals surface area contributed by atoms with E-state index in [2.05, 4.69) is 43.5 Å². The molecule has 1 atom stereocenters. The van der Waals surface area contributed by atoms with E-state index in [-0.39, 0.29) is 5.78 Å². The van der Waals surface area contributed by atoms with Crippen LogP contribution in [0.3, 0.4) is 0 Å². The maximum atomic E-state index is 12.5. The van der Waals surface area contributed by atoms with Gasteiger partial charge < -0.3 is 0 Å². The summed E-state index contributed by atoms with van der Waals surface area (Å²) in [5, 5.41) is 9.24. The fourth-order valence-corrected chi connectivity index (χ4v) is 2.58. The van der Waals surface area contributed by atoms with Crippen LogP contribution in [0, 0.1) is 14.9 Å². The van der Waals surface area contributed by atoms with Gasteiger partial charge in [-0.15, -0.1) is 0 Å². The van der Waals surface area contributed by atoms with E-state index in [0.29, 0.717) is 15.7 Å². The number of Topliss-reactive ketones (excluding diaryl/α,β-unsaturated/α-hetero) is 1. The molecule has 0 fully saturated rings. The number of nitriles is 1. The molecule has 3 nitrogen and oxygen atoms in total. The Balaban J connectivity index is 2.43. The predicted octanol–water partition coefficient (Wildman–Crippen LogP) is 3.94. The Labute approximate surface area is 132 Å². The summed E-state index contributed by atoms with van der Waals surface area (Å²) in [4.78, 5) is 16.5. The molecule has 0 aliphatic rings. The highest BCUT2D eigenvalue weighted by atomic mass is 127. The molecule has 19 heavy (non-hydrogen) atoms. The molecule has 1 aromatic heterocycles. The van der Waals surface area contributed by atoms with Crippen molar-refractivity contribution in [2.75, 3.05) is 0 Å². The van der Waals surface area contributed by atoms with Gasteiger partial charge in [-0.3, -0.25) is 9.78 Å². The van der Waals surface area contributed by atoms with E-state index >= 15 is 0 Å². The minimum atomic E-state index is -0.879. The molecule has 0 N–H and O–H groups in total. The van der Waals surface area contributed by atoms with Gasteiger partial charge in [0.05, 0.1) is 11.8 Å². The molecule has 1 unspecified atom stereocenters. The summed E-state index contributed by atoms with van der Waals surface area (Å²) in [5.74, 6) is -1.12. The number of hydrogen-bond acceptors (Lipinski definition) is 3. The van der Waals surface area contributed by atoms with Gasteiger partial charge >= 0.3 is 0 Å². The zero-order chi connectivity index (χ0) is 13.8. The predicted molar refractivity (Wildman–Crippen MR) is 83.8 cm³/mol. The summed E-state index contributed by atoms with van der Waals surface area (Å²) in [6, 6.07) is 12.7. The van der Waals surface area contributed by atoms with Gasteiger partial charge in [-0.25, -0.2) is 0 Å². The van der Waals surface area contributed by atoms with E-state index in [1.807, 2.05) is 18.2 Å². The lowest BCUT2D eigenvalue weighted by atomic mass is 9.95. The summed E-state index contributed by atoms with van der Waals surface area (Å²) in [6.07, 6.45) is 1.58. The van der Waals surface area contributed by atoms with Crippen LogP contribution in [-0.4, -0.2) is 10.8 Å². The zero-order valence-electron chi connectivity index (χ0n) is 9.68. The normalized spacial score (nSPS) is 11.6. The van der Waals surface area contributed by atoms with Gasteiger partial charge in [0.25, 0.3) is 0 Å². The van der Waals surface area contributed by atoms with E-state index < -0.39 is 5.92 Å². The highest BCUT2D eigenvalue weighted by Crippen LogP contribution is 2.25. The number of nitrogens with zero attached hydrogens (tertiary/aromatic N) is 2. The number of pyridine rings is 1. The number of rotatable bonds is 3. The maximum absolute atomic E-state index is 12.5. The van der Waals surface area contributed by atoms with Crippen LogP contribution < -0.4 is 0 Å². The Morgan fingerprint density at radius 2 is 2.16 bits per heavy atom. The summed E-state index contributed by atoms with van der Waals surface area (Å²) in [7, 11) is 0. The van der Waals surface area contributed by atoms with Crippen molar-refractivity contribution in [2.45, 2.75) is 5.92 Å². The van der Waals surface area contributed by atoms with Crippen LogP contribution in [0.2, 0.25) is 0 Å². The Bertz CT molecular complexity index is 652. The Kier molecular flexibility index (Phi) is 4.66. The molecule has 1 aromatic carbocycles. The average Bonchev–Trinajstić information content (AvgIpc) is 2.43. The average molecular weight is 427 g/mol. The van der Waals surface area contributed by atoms with Gasteiger partial charge in [0.2, 0.25) is 0 Å². The van der Waals surface area contributed by atoms with E-state index in [1.54, 1.807) is 30.5 Å². The molecule has 2 rings (SSSR count). The third-order valence-electron chi connectivity index (χ3n) is 2.57. The summed E-state index contributed by atoms with van der Waals surface area (Å²) < 4.78 is 1.64. The lowest BCUT2D eigenvalue weighted by molar-refractivity contribution is 0.0977. The molecule has 0 amide bonds. The van der Waals surface area contributed by atoms with Crippen molar-refractivity contribution in [3.8, 4) is 6.07 Å². The maximum Gasteiger partial charge on any atom is 0.187 e. The first kappa shape index (κ1) is 14.2. The van der Waals surface area contributed by atoms with Crippen molar-refractivity contribution >= 4 is 44.3 Å². The molecule has 0 saturated carbocycles. The zero-order valence-corrected chi connectivity index (χ0v) is 13.4. The van der Waals surface area contributed by atoms with Crippen LogP contribution in [0.5, 0.6) is 0 Å². The quantitative estimate of drug-likeness (QED) is 0.551. The largest absolute Gasteiger partial charge is 0.292 e. The van der Waals surface area contributed by atoms with Gasteiger partial charge in [0, 0.05) is 19.8 Å². The van der Waals surface area contributed by atoms with Crippen molar-refractivity contribution < 1.29 is 4.79 Å². The first-order chi connectivity index (χ1) is 9.13. The highest BCUT2D eigenvalue weighted by Gasteiger charge is 2.24. The number of aromatic nitrogens is 1. The number of carbonyl (C=O) groups excluding carboxylic acids is 1. The van der Waals surface area contributed by atoms with Gasteiger partial charge in [-0.2, -0.15) is 5.26 Å². The molecule has 0 saturated heterocycles. The molecule has 2 aromatic rings. The van der Waals surface area contributed by atoms with Gasteiger partial charge in [0.1, 0.15) is 0 Å². The lowest BCUT2D eigenvalue weighted by Gasteiger charge is -2.09. The van der Waals surface area contributed by atoms with Crippen molar-refractivity contribution in [1.29, 1.82) is 5.26 Å². The van der Waals surface area contributed by atoms with E-state index in [4.69, 9.17) is 0 Å². The molecule has 0 aliphatic carbocycles. The van der Waals surface area contributed by atoms with Crippen molar-refractivity contribution in [1.82, 2.24) is 4.98 Å². The lowest BCUT2D eigenvalue weighted by Crippen LogP contribution is -2.13. The minimum Gasteiger partial charge on any atom is -0.292 e. The molecule has 0 spiro atoms. The molecule has 0 radical (unpaired) electrons. The number of halogens is 2. The highest BCUT2D eigenvalue weighted by molar-refractivity contribution is 14.1. The second-order valence-corrected chi connectivity index (χ2v) is 5.91. The monoisotopic (exact) mass is 426 g/mol. The van der Waals surface area contributed by atoms with Crippen LogP contribution in [0.25, 0.3) is 0 Å². The Morgan fingerprint density at radius 3 is 2.79 bits per heavy atom. The smallest absolute Gasteiger partial charge is 0.187 e. The van der Waals surface area contributed by atoms with Crippen LogP contribution in [0.4, 0.5) is 0 Å². The number of benzene rings is 1. The Morgan fingerprint density at radius 1 is 1.37 bits per heavy atom. The molecule has 5 heteroatoms. The van der Waals surface area contributed by atoms with Gasteiger partial charge in [-0.1, -0.05) is 22.0 Å². The van der Waals surface area contributed by atoms with E-state index in [9.17, 15) is 10.1 Å². The molecule has 94 valence electrons. The third kappa shape index (κ3) is 3.19. The molecular weight excluding hydrogens is 419 g/mol. The van der Waals surface area contributed by atoms with Crippen LogP contribution in [0.15, 0.2) is 47.1 Å². The van der Waals surface area contributed by atoms with Gasteiger partial charge in [-0.05, 0) is 52.9 Å². The summed E-state index contributed by atoms with van der Waals surface area (Å²) in [5.41, 5.74) is 0.977. The van der Waals surface area contributed by atoms with Crippen LogP contribution in [-0.2, 0) is 0 Å². The first-order valence-electron chi connectivity index (χ1n) is 5.43. The molecule has 1 heterocycles. The third-order valence-corrected chi connectivity index (χ3v) is 3.93. The fraction of sp³-hybridized carbons (Fsp3) is 0.0714. The Hall–Kier alpha value is -1.26. The molecule has 0 aliphatic heterocycles. The molecule has 0 bridgehead atoms. The van der Waals surface area contributed by atoms with Gasteiger partial charge in [0.15, 0.2) is 11.7 Å². The van der Waals surface area contributed by atoms with Crippen molar-refractivity contribution in [3.63, 3.8) is 0 Å². The first-order valence-corrected chi connectivity index (χ1v) is 7.30. The number of carbonyl (C=O) groups is 1. The minimum absolute atomic E-state index is 0.244. The standard InChI is InChI=1S/C14H8BrIN2O/c15-12-5-4-9(16)7-10(12)14(19)11(8-17)13-3-1-2-6-18-13/h1-7,11H. The van der Waals surface area contributed by atoms with Crippen LogP contribution in [0.1, 0.15) is 22.0 Å². The van der Waals surface area contributed by atoms with E-state index in [1.165, 1.54) is 0 Å². The topological polar surface area (TPSA) is 53.8 Å². The molecular formula is C14H8BrIN2O. The fourth-order valence-electron chi connectivity index (χ4n) is 1.65. The SMILES string of the molecule is N#CC(C(=O)c1cc(I)ccc1Br)c1ccccn1. The van der Waals surface area contributed by atoms with Crippen molar-refractivity contribution in [3.05, 3.63) is 61.9 Å². The summed E-state index contributed by atoms with van der Waals surface area (Å²) in [6.45, 7) is 0. The van der Waals surface area contributed by atoms with Crippen molar-refractivity contribution in [2.24, 2.45) is 0 Å². The van der Waals surface area contributed by atoms with Crippen LogP contribution >= 0.6 is 38.5 Å². The second kappa shape index (κ2) is 6.26.